The Balaban J connectivity index is 1.51. The maximum atomic E-state index is 13.6. The smallest absolute Gasteiger partial charge is 0.267 e. The molecule has 0 fully saturated rings. The maximum absolute atomic E-state index is 13.6. The quantitative estimate of drug-likeness (QED) is 0.341. The zero-order valence-corrected chi connectivity index (χ0v) is 20.8. The Morgan fingerprint density at radius 3 is 2.61 bits per heavy atom. The van der Waals surface area contributed by atoms with E-state index < -0.39 is 0 Å². The second-order valence-corrected chi connectivity index (χ2v) is 9.74. The van der Waals surface area contributed by atoms with Crippen molar-refractivity contribution in [2.24, 2.45) is 0 Å². The highest BCUT2D eigenvalue weighted by molar-refractivity contribution is 7.98. The van der Waals surface area contributed by atoms with Crippen molar-refractivity contribution in [1.29, 1.82) is 0 Å². The number of para-hydroxylation sites is 1. The van der Waals surface area contributed by atoms with Gasteiger partial charge in [-0.1, -0.05) is 36.0 Å². The maximum Gasteiger partial charge on any atom is 0.267 e. The number of aryl methyl sites for hydroxylation is 2. The molecule has 2 aromatic carbocycles. The third kappa shape index (κ3) is 3.51. The van der Waals surface area contributed by atoms with Gasteiger partial charge in [0.05, 0.1) is 22.3 Å². The van der Waals surface area contributed by atoms with Crippen LogP contribution in [0.25, 0.3) is 28.0 Å². The molecule has 0 N–H and O–H groups in total. The molecule has 0 atom stereocenters. The van der Waals surface area contributed by atoms with Crippen LogP contribution in [0.2, 0.25) is 0 Å². The average molecular weight is 495 g/mol. The summed E-state index contributed by atoms with van der Waals surface area (Å²) in [5.41, 5.74) is 5.62. The van der Waals surface area contributed by atoms with Gasteiger partial charge in [-0.2, -0.15) is 0 Å². The van der Waals surface area contributed by atoms with Crippen LogP contribution < -0.4 is 11.1 Å². The van der Waals surface area contributed by atoms with Crippen LogP contribution in [0.5, 0.6) is 0 Å². The summed E-state index contributed by atoms with van der Waals surface area (Å²) in [5, 5.41) is 10.1. The van der Waals surface area contributed by atoms with Crippen LogP contribution in [0.1, 0.15) is 22.4 Å². The molecule has 178 valence electrons. The van der Waals surface area contributed by atoms with Gasteiger partial charge in [-0.3, -0.25) is 18.4 Å². The number of nitrogens with zero attached hydrogens (tertiary/aromatic N) is 6. The Bertz CT molecular complexity index is 1940. The fraction of sp³-hybridized carbons (Fsp3) is 0.148. The number of rotatable bonds is 4. The van der Waals surface area contributed by atoms with E-state index in [1.54, 1.807) is 16.8 Å². The van der Waals surface area contributed by atoms with Gasteiger partial charge in [-0.25, -0.2) is 9.55 Å². The van der Waals surface area contributed by atoms with Gasteiger partial charge in [0.1, 0.15) is 5.65 Å². The zero-order chi connectivity index (χ0) is 25.0. The Morgan fingerprint density at radius 2 is 1.75 bits per heavy atom. The first-order valence-corrected chi connectivity index (χ1v) is 12.5. The van der Waals surface area contributed by atoms with Crippen LogP contribution in [0.3, 0.4) is 0 Å². The summed E-state index contributed by atoms with van der Waals surface area (Å²) in [6.45, 7) is 5.99. The van der Waals surface area contributed by atoms with Crippen molar-refractivity contribution in [3.63, 3.8) is 0 Å². The molecule has 0 aliphatic rings. The van der Waals surface area contributed by atoms with E-state index in [9.17, 15) is 9.59 Å². The second kappa shape index (κ2) is 8.46. The number of aromatic nitrogens is 6. The molecule has 0 radical (unpaired) electrons. The molecule has 4 aromatic heterocycles. The van der Waals surface area contributed by atoms with Gasteiger partial charge >= 0.3 is 0 Å². The molecule has 0 aliphatic carbocycles. The van der Waals surface area contributed by atoms with Crippen LogP contribution >= 0.6 is 11.8 Å². The van der Waals surface area contributed by atoms with E-state index in [-0.39, 0.29) is 11.1 Å². The molecule has 0 amide bonds. The number of fused-ring (bicyclic) bond motifs is 4. The lowest BCUT2D eigenvalue weighted by Crippen LogP contribution is -2.22. The van der Waals surface area contributed by atoms with E-state index in [2.05, 4.69) is 15.2 Å². The summed E-state index contributed by atoms with van der Waals surface area (Å²) in [5.74, 6) is 0.870. The number of benzene rings is 2. The molecule has 0 bridgehead atoms. The van der Waals surface area contributed by atoms with Crippen LogP contribution in [0.15, 0.2) is 81.6 Å². The van der Waals surface area contributed by atoms with Gasteiger partial charge in [-0.15, -0.1) is 10.2 Å². The lowest BCUT2D eigenvalue weighted by molar-refractivity contribution is 0.925. The highest BCUT2D eigenvalue weighted by atomic mass is 32.2. The van der Waals surface area contributed by atoms with Gasteiger partial charge in [0, 0.05) is 18.0 Å². The zero-order valence-electron chi connectivity index (χ0n) is 20.0. The topological polar surface area (TPSA) is 86.6 Å². The molecule has 0 saturated carbocycles. The lowest BCUT2D eigenvalue weighted by Gasteiger charge is -2.14. The van der Waals surface area contributed by atoms with Crippen molar-refractivity contribution in [3.8, 4) is 5.69 Å². The second-order valence-electron chi connectivity index (χ2n) is 8.80. The first kappa shape index (κ1) is 22.2. The Labute approximate surface area is 209 Å². The van der Waals surface area contributed by atoms with E-state index in [4.69, 9.17) is 0 Å². The molecule has 9 heteroatoms. The molecule has 6 aromatic rings. The molecule has 0 spiro atoms. The average Bonchev–Trinajstić information content (AvgIpc) is 3.29. The van der Waals surface area contributed by atoms with Crippen LogP contribution in [-0.2, 0) is 5.75 Å². The molecular formula is C27H22N6O2S. The molecule has 0 saturated heterocycles. The molecule has 36 heavy (non-hydrogen) atoms. The van der Waals surface area contributed by atoms with Crippen molar-refractivity contribution >= 4 is 34.1 Å². The number of hydrogen-bond acceptors (Lipinski definition) is 6. The molecular weight excluding hydrogens is 472 g/mol. The summed E-state index contributed by atoms with van der Waals surface area (Å²) < 4.78 is 5.07. The highest BCUT2D eigenvalue weighted by Crippen LogP contribution is 2.26. The summed E-state index contributed by atoms with van der Waals surface area (Å²) in [6, 6.07) is 18.7. The Morgan fingerprint density at radius 1 is 0.917 bits per heavy atom. The van der Waals surface area contributed by atoms with Crippen molar-refractivity contribution in [2.75, 3.05) is 0 Å². The van der Waals surface area contributed by atoms with Crippen molar-refractivity contribution < 1.29 is 0 Å². The third-order valence-corrected chi connectivity index (χ3v) is 7.40. The minimum Gasteiger partial charge on any atom is -0.269 e. The number of thioether (sulfide) groups is 1. The fourth-order valence-corrected chi connectivity index (χ4v) is 5.27. The van der Waals surface area contributed by atoms with E-state index in [0.29, 0.717) is 33.4 Å². The van der Waals surface area contributed by atoms with Gasteiger partial charge in [-0.05, 0) is 67.8 Å². The molecule has 0 unspecified atom stereocenters. The summed E-state index contributed by atoms with van der Waals surface area (Å²) in [6.07, 6.45) is 1.74. The van der Waals surface area contributed by atoms with Gasteiger partial charge < -0.3 is 0 Å². The third-order valence-electron chi connectivity index (χ3n) is 6.44. The van der Waals surface area contributed by atoms with Crippen molar-refractivity contribution in [2.45, 2.75) is 31.7 Å². The summed E-state index contributed by atoms with van der Waals surface area (Å²) in [7, 11) is 0. The Hall–Kier alpha value is -4.24. The van der Waals surface area contributed by atoms with E-state index in [0.717, 1.165) is 27.9 Å². The number of hydrogen-bond donors (Lipinski definition) is 0. The first-order chi connectivity index (χ1) is 17.4. The molecule has 4 heterocycles. The van der Waals surface area contributed by atoms with Gasteiger partial charge in [0.15, 0.2) is 5.16 Å². The molecule has 6 rings (SSSR count). The predicted octanol–water partition coefficient (Wildman–Crippen LogP) is 4.26. The minimum absolute atomic E-state index is 0.129. The fourth-order valence-electron chi connectivity index (χ4n) is 4.43. The predicted molar refractivity (Wildman–Crippen MR) is 141 cm³/mol. The van der Waals surface area contributed by atoms with Gasteiger partial charge in [0.25, 0.3) is 11.1 Å². The van der Waals surface area contributed by atoms with Crippen LogP contribution in [0.4, 0.5) is 0 Å². The SMILES string of the molecule is Cc1ccn2c(=O)cc(CSc3nnc4n(-c5cccc(C)c5C)c(=O)c5ccccc5n34)nc2c1. The summed E-state index contributed by atoms with van der Waals surface area (Å²) in [4.78, 5) is 30.9. The number of pyridine rings is 1. The lowest BCUT2D eigenvalue weighted by atomic mass is 10.1. The standard InChI is InChI=1S/C27H22N6O2S/c1-16-11-12-31-23(13-16)28-19(14-24(31)34)15-36-27-30-29-26-32(21-10-6-7-17(2)18(21)3)25(35)20-8-4-5-9-22(20)33(26)27/h4-14H,15H2,1-3H3. The largest absolute Gasteiger partial charge is 0.269 e. The normalized spacial score (nSPS) is 11.6. The molecule has 8 nitrogen and oxygen atoms in total. The van der Waals surface area contributed by atoms with Gasteiger partial charge in [0.2, 0.25) is 5.78 Å². The van der Waals surface area contributed by atoms with Crippen molar-refractivity contribution in [1.82, 2.24) is 28.5 Å². The first-order valence-electron chi connectivity index (χ1n) is 11.5. The summed E-state index contributed by atoms with van der Waals surface area (Å²) >= 11 is 1.43. The van der Waals surface area contributed by atoms with Crippen LogP contribution in [-0.4, -0.2) is 28.5 Å². The van der Waals surface area contributed by atoms with Crippen LogP contribution in [0, 0.1) is 20.8 Å². The van der Waals surface area contributed by atoms with Crippen molar-refractivity contribution in [3.05, 3.63) is 110 Å². The Kier molecular flexibility index (Phi) is 5.22. The molecule has 0 aliphatic heterocycles. The van der Waals surface area contributed by atoms with E-state index in [1.807, 2.05) is 79.8 Å². The van der Waals surface area contributed by atoms with E-state index >= 15 is 0 Å². The monoisotopic (exact) mass is 494 g/mol. The van der Waals surface area contributed by atoms with E-state index in [1.165, 1.54) is 16.2 Å². The highest BCUT2D eigenvalue weighted by Gasteiger charge is 2.19. The minimum atomic E-state index is -0.143.